The van der Waals surface area contributed by atoms with Crippen LogP contribution in [0.1, 0.15) is 5.56 Å². The molecule has 0 spiro atoms. The Balaban J connectivity index is 1.96. The summed E-state index contributed by atoms with van der Waals surface area (Å²) in [6, 6.07) is 20.0. The minimum absolute atomic E-state index is 0.0337. The number of nitrogens with zero attached hydrogens (tertiary/aromatic N) is 2. The van der Waals surface area contributed by atoms with Crippen LogP contribution in [0.25, 0.3) is 0 Å². The van der Waals surface area contributed by atoms with E-state index < -0.39 is 10.0 Å². The van der Waals surface area contributed by atoms with E-state index in [1.54, 1.807) is 31.3 Å². The number of rotatable bonds is 9. The molecule has 3 aromatic rings. The molecular weight excluding hydrogens is 464 g/mol. The van der Waals surface area contributed by atoms with E-state index in [1.165, 1.54) is 37.3 Å². The highest BCUT2D eigenvalue weighted by Gasteiger charge is 2.29. The lowest BCUT2D eigenvalue weighted by molar-refractivity contribution is -0.128. The monoisotopic (exact) mass is 488 g/mol. The summed E-state index contributed by atoms with van der Waals surface area (Å²) in [7, 11) is 0.408. The van der Waals surface area contributed by atoms with Gasteiger partial charge >= 0.3 is 0 Å². The van der Waals surface area contributed by atoms with Gasteiger partial charge in [0.1, 0.15) is 6.54 Å². The lowest BCUT2D eigenvalue weighted by Gasteiger charge is -2.27. The van der Waals surface area contributed by atoms with Crippen molar-refractivity contribution in [2.75, 3.05) is 32.1 Å². The van der Waals surface area contributed by atoms with Crippen LogP contribution in [0, 0.1) is 0 Å². The molecule has 0 radical (unpaired) electrons. The molecule has 3 rings (SSSR count). The van der Waals surface area contributed by atoms with Crippen molar-refractivity contribution in [2.45, 2.75) is 11.4 Å². The smallest absolute Gasteiger partial charge is 0.264 e. The molecule has 0 saturated heterocycles. The van der Waals surface area contributed by atoms with Crippen molar-refractivity contribution >= 4 is 33.2 Å². The summed E-state index contributed by atoms with van der Waals surface area (Å²) in [5, 5.41) is 0.453. The lowest BCUT2D eigenvalue weighted by Crippen LogP contribution is -2.41. The van der Waals surface area contributed by atoms with Crippen LogP contribution in [0.5, 0.6) is 11.5 Å². The van der Waals surface area contributed by atoms with Crippen molar-refractivity contribution in [3.05, 3.63) is 83.4 Å². The van der Waals surface area contributed by atoms with Gasteiger partial charge in [0.2, 0.25) is 5.91 Å². The Labute approximate surface area is 199 Å². The SMILES string of the molecule is COc1ccc(S(=O)(=O)N(CC(=O)N(C)Cc2ccccc2)c2ccc(Cl)cc2)cc1OC. The fourth-order valence-corrected chi connectivity index (χ4v) is 4.77. The van der Waals surface area contributed by atoms with E-state index in [2.05, 4.69) is 0 Å². The van der Waals surface area contributed by atoms with Gasteiger partial charge in [0.15, 0.2) is 11.5 Å². The van der Waals surface area contributed by atoms with E-state index in [1.807, 2.05) is 30.3 Å². The van der Waals surface area contributed by atoms with Gasteiger partial charge in [0.25, 0.3) is 10.0 Å². The molecule has 0 aliphatic carbocycles. The molecule has 0 N–H and O–H groups in total. The second kappa shape index (κ2) is 10.6. The van der Waals surface area contributed by atoms with Gasteiger partial charge < -0.3 is 14.4 Å². The first-order chi connectivity index (χ1) is 15.8. The lowest BCUT2D eigenvalue weighted by atomic mass is 10.2. The Morgan fingerprint density at radius 2 is 1.55 bits per heavy atom. The van der Waals surface area contributed by atoms with Crippen LogP contribution >= 0.6 is 11.6 Å². The summed E-state index contributed by atoms with van der Waals surface area (Å²) in [5.74, 6) is 0.299. The first kappa shape index (κ1) is 24.4. The van der Waals surface area contributed by atoms with Crippen molar-refractivity contribution in [1.82, 2.24) is 4.90 Å². The molecule has 0 fully saturated rings. The fraction of sp³-hybridized carbons (Fsp3) is 0.208. The molecule has 9 heteroatoms. The number of anilines is 1. The zero-order chi connectivity index (χ0) is 24.0. The van der Waals surface area contributed by atoms with Crippen molar-refractivity contribution < 1.29 is 22.7 Å². The van der Waals surface area contributed by atoms with Crippen LogP contribution < -0.4 is 13.8 Å². The van der Waals surface area contributed by atoms with E-state index in [4.69, 9.17) is 21.1 Å². The van der Waals surface area contributed by atoms with E-state index in [0.29, 0.717) is 23.0 Å². The minimum atomic E-state index is -4.12. The molecular formula is C24H25ClN2O5S. The van der Waals surface area contributed by atoms with E-state index >= 15 is 0 Å². The molecule has 1 amide bonds. The number of sulfonamides is 1. The molecule has 3 aromatic carbocycles. The molecule has 0 unspecified atom stereocenters. The highest BCUT2D eigenvalue weighted by atomic mass is 35.5. The summed E-state index contributed by atoms with van der Waals surface area (Å²) in [4.78, 5) is 14.5. The van der Waals surface area contributed by atoms with Gasteiger partial charge in [-0.25, -0.2) is 8.42 Å². The highest BCUT2D eigenvalue weighted by Crippen LogP contribution is 2.32. The van der Waals surface area contributed by atoms with Crippen molar-refractivity contribution in [3.63, 3.8) is 0 Å². The largest absolute Gasteiger partial charge is 0.493 e. The van der Waals surface area contributed by atoms with Crippen LogP contribution in [0.2, 0.25) is 5.02 Å². The molecule has 7 nitrogen and oxygen atoms in total. The van der Waals surface area contributed by atoms with Crippen molar-refractivity contribution in [2.24, 2.45) is 0 Å². The van der Waals surface area contributed by atoms with Crippen molar-refractivity contribution in [3.8, 4) is 11.5 Å². The van der Waals surface area contributed by atoms with Gasteiger partial charge in [-0.3, -0.25) is 9.10 Å². The molecule has 0 aromatic heterocycles. The zero-order valence-electron chi connectivity index (χ0n) is 18.6. The third-order valence-corrected chi connectivity index (χ3v) is 7.05. The maximum absolute atomic E-state index is 13.6. The normalized spacial score (nSPS) is 11.0. The number of ether oxygens (including phenoxy) is 2. The standard InChI is InChI=1S/C24H25ClN2O5S/c1-26(16-18-7-5-4-6-8-18)24(28)17-27(20-11-9-19(25)10-12-20)33(29,30)21-13-14-22(31-2)23(15-21)32-3/h4-15H,16-17H2,1-3H3. The fourth-order valence-electron chi connectivity index (χ4n) is 3.22. The van der Waals surface area contributed by atoms with Crippen LogP contribution in [-0.4, -0.2) is 47.0 Å². The minimum Gasteiger partial charge on any atom is -0.493 e. The van der Waals surface area contributed by atoms with E-state index in [9.17, 15) is 13.2 Å². The van der Waals surface area contributed by atoms with Crippen LogP contribution in [0.15, 0.2) is 77.7 Å². The van der Waals surface area contributed by atoms with Crippen molar-refractivity contribution in [1.29, 1.82) is 0 Å². The Hall–Kier alpha value is -3.23. The average molecular weight is 489 g/mol. The van der Waals surface area contributed by atoms with Crippen LogP contribution in [0.3, 0.4) is 0 Å². The van der Waals surface area contributed by atoms with Gasteiger partial charge in [-0.1, -0.05) is 41.9 Å². The molecule has 0 aliphatic rings. The molecule has 0 atom stereocenters. The Morgan fingerprint density at radius 3 is 2.15 bits per heavy atom. The third kappa shape index (κ3) is 5.77. The topological polar surface area (TPSA) is 76.2 Å². The van der Waals surface area contributed by atoms with Gasteiger partial charge in [0.05, 0.1) is 24.8 Å². The predicted octanol–water partition coefficient (Wildman–Crippen LogP) is 4.21. The highest BCUT2D eigenvalue weighted by molar-refractivity contribution is 7.92. The zero-order valence-corrected chi connectivity index (χ0v) is 20.1. The number of benzene rings is 3. The summed E-state index contributed by atoms with van der Waals surface area (Å²) >= 11 is 5.99. The molecule has 0 bridgehead atoms. The number of carbonyl (C=O) groups excluding carboxylic acids is 1. The number of likely N-dealkylation sites (N-methyl/N-ethyl adjacent to an activating group) is 1. The maximum atomic E-state index is 13.6. The first-order valence-corrected chi connectivity index (χ1v) is 11.9. The molecule has 0 saturated carbocycles. The average Bonchev–Trinajstić information content (AvgIpc) is 2.83. The van der Waals surface area contributed by atoms with Gasteiger partial charge in [-0.2, -0.15) is 0 Å². The second-order valence-corrected chi connectivity index (χ2v) is 9.54. The third-order valence-electron chi connectivity index (χ3n) is 5.02. The number of methoxy groups -OCH3 is 2. The van der Waals surface area contributed by atoms with Gasteiger partial charge in [0, 0.05) is 24.7 Å². The van der Waals surface area contributed by atoms with E-state index in [-0.39, 0.29) is 23.1 Å². The number of hydrogen-bond donors (Lipinski definition) is 0. The quantitative estimate of drug-likeness (QED) is 0.451. The van der Waals surface area contributed by atoms with Gasteiger partial charge in [-0.15, -0.1) is 0 Å². The molecule has 33 heavy (non-hydrogen) atoms. The predicted molar refractivity (Wildman–Crippen MR) is 128 cm³/mol. The Kier molecular flexibility index (Phi) is 7.84. The maximum Gasteiger partial charge on any atom is 0.264 e. The second-order valence-electron chi connectivity index (χ2n) is 7.24. The first-order valence-electron chi connectivity index (χ1n) is 10.0. The Morgan fingerprint density at radius 1 is 0.909 bits per heavy atom. The number of amides is 1. The van der Waals surface area contributed by atoms with Gasteiger partial charge in [-0.05, 0) is 42.0 Å². The molecule has 0 aliphatic heterocycles. The summed E-state index contributed by atoms with van der Waals surface area (Å²) in [6.07, 6.45) is 0. The summed E-state index contributed by atoms with van der Waals surface area (Å²) < 4.78 is 38.8. The summed E-state index contributed by atoms with van der Waals surface area (Å²) in [6.45, 7) is -0.0355. The number of carbonyl (C=O) groups is 1. The molecule has 174 valence electrons. The Bertz CT molecular complexity index is 1200. The number of hydrogen-bond acceptors (Lipinski definition) is 5. The summed E-state index contributed by atoms with van der Waals surface area (Å²) in [5.41, 5.74) is 1.25. The molecule has 0 heterocycles. The number of halogens is 1. The van der Waals surface area contributed by atoms with Crippen LogP contribution in [-0.2, 0) is 21.4 Å². The van der Waals surface area contributed by atoms with Crippen LogP contribution in [0.4, 0.5) is 5.69 Å². The van der Waals surface area contributed by atoms with E-state index in [0.717, 1.165) is 9.87 Å².